The lowest BCUT2D eigenvalue weighted by Crippen LogP contribution is -2.11. The maximum atomic E-state index is 12.4. The van der Waals surface area contributed by atoms with Crippen molar-refractivity contribution in [2.45, 2.75) is 46.8 Å². The van der Waals surface area contributed by atoms with Crippen molar-refractivity contribution in [1.29, 1.82) is 0 Å². The van der Waals surface area contributed by atoms with Crippen LogP contribution in [0.25, 0.3) is 0 Å². The number of alkyl halides is 2. The van der Waals surface area contributed by atoms with E-state index in [2.05, 4.69) is 15.5 Å². The molecule has 0 fully saturated rings. The number of hydrogen-bond acceptors (Lipinski definition) is 3. The van der Waals surface area contributed by atoms with Crippen molar-refractivity contribution in [3.63, 3.8) is 0 Å². The summed E-state index contributed by atoms with van der Waals surface area (Å²) >= 11 is 0. The molecule has 0 bridgehead atoms. The number of hydrogen-bond donors (Lipinski definition) is 1. The van der Waals surface area contributed by atoms with E-state index in [1.165, 1.54) is 4.68 Å². The van der Waals surface area contributed by atoms with Crippen LogP contribution in [0.3, 0.4) is 0 Å². The van der Waals surface area contributed by atoms with Crippen molar-refractivity contribution >= 4 is 18.2 Å². The molecule has 2 rings (SSSR count). The van der Waals surface area contributed by atoms with E-state index in [9.17, 15) is 8.78 Å². The van der Waals surface area contributed by atoms with Crippen LogP contribution < -0.4 is 5.32 Å². The van der Waals surface area contributed by atoms with Crippen LogP contribution in [0.15, 0.2) is 12.3 Å². The standard InChI is InChI=1S/C13H19F2N5.ClH/c1-4-19-13(5-9(2)18-19)16-6-11-7-17-20(10(11)3)8-12(14)15;/h5,7,12,16H,4,6,8H2,1-3H3;1H. The number of anilines is 1. The Labute approximate surface area is 128 Å². The van der Waals surface area contributed by atoms with E-state index in [0.29, 0.717) is 6.54 Å². The Morgan fingerprint density at radius 3 is 2.62 bits per heavy atom. The topological polar surface area (TPSA) is 47.7 Å². The number of rotatable bonds is 6. The zero-order chi connectivity index (χ0) is 14.7. The summed E-state index contributed by atoms with van der Waals surface area (Å²) in [5, 5.41) is 11.6. The number of nitrogens with one attached hydrogen (secondary N) is 1. The summed E-state index contributed by atoms with van der Waals surface area (Å²) in [6.07, 6.45) is -0.761. The van der Waals surface area contributed by atoms with Gasteiger partial charge in [0.25, 0.3) is 6.43 Å². The Kier molecular flexibility index (Phi) is 6.14. The van der Waals surface area contributed by atoms with Gasteiger partial charge in [0.1, 0.15) is 12.4 Å². The van der Waals surface area contributed by atoms with Crippen LogP contribution >= 0.6 is 12.4 Å². The first kappa shape index (κ1) is 17.4. The molecule has 5 nitrogen and oxygen atoms in total. The average molecular weight is 320 g/mol. The maximum absolute atomic E-state index is 12.4. The van der Waals surface area contributed by atoms with Crippen molar-refractivity contribution in [2.24, 2.45) is 0 Å². The van der Waals surface area contributed by atoms with E-state index < -0.39 is 6.43 Å². The van der Waals surface area contributed by atoms with Gasteiger partial charge in [-0.25, -0.2) is 13.5 Å². The Morgan fingerprint density at radius 1 is 1.29 bits per heavy atom. The first-order valence-electron chi connectivity index (χ1n) is 6.59. The molecule has 0 saturated heterocycles. The predicted molar refractivity (Wildman–Crippen MR) is 80.2 cm³/mol. The minimum Gasteiger partial charge on any atom is -0.366 e. The molecule has 0 aliphatic heterocycles. The molecule has 0 atom stereocenters. The lowest BCUT2D eigenvalue weighted by molar-refractivity contribution is 0.121. The van der Waals surface area contributed by atoms with Gasteiger partial charge in [-0.3, -0.25) is 4.68 Å². The summed E-state index contributed by atoms with van der Waals surface area (Å²) < 4.78 is 28.0. The number of nitrogens with zero attached hydrogens (tertiary/aromatic N) is 4. The molecular formula is C13H20ClF2N5. The lowest BCUT2D eigenvalue weighted by Gasteiger charge is -2.08. The Balaban J connectivity index is 0.00000220. The van der Waals surface area contributed by atoms with Crippen LogP contribution in [0.1, 0.15) is 23.9 Å². The van der Waals surface area contributed by atoms with Gasteiger partial charge in [0.15, 0.2) is 0 Å². The number of aromatic nitrogens is 4. The molecule has 118 valence electrons. The van der Waals surface area contributed by atoms with Crippen LogP contribution in [-0.2, 0) is 19.6 Å². The lowest BCUT2D eigenvalue weighted by atomic mass is 10.2. The zero-order valence-electron chi connectivity index (χ0n) is 12.3. The van der Waals surface area contributed by atoms with E-state index in [1.807, 2.05) is 24.6 Å². The molecule has 2 aromatic heterocycles. The average Bonchev–Trinajstić information content (AvgIpc) is 2.91. The van der Waals surface area contributed by atoms with Crippen LogP contribution in [0.2, 0.25) is 0 Å². The van der Waals surface area contributed by atoms with Crippen LogP contribution in [0.4, 0.5) is 14.6 Å². The highest BCUT2D eigenvalue weighted by molar-refractivity contribution is 5.85. The first-order chi connectivity index (χ1) is 9.51. The highest BCUT2D eigenvalue weighted by Gasteiger charge is 2.11. The van der Waals surface area contributed by atoms with E-state index in [0.717, 1.165) is 29.3 Å². The fourth-order valence-corrected chi connectivity index (χ4v) is 2.09. The van der Waals surface area contributed by atoms with Crippen LogP contribution in [-0.4, -0.2) is 26.0 Å². The molecular weight excluding hydrogens is 300 g/mol. The molecule has 0 aliphatic carbocycles. The van der Waals surface area contributed by atoms with Gasteiger partial charge in [0.2, 0.25) is 0 Å². The van der Waals surface area contributed by atoms with E-state index in [-0.39, 0.29) is 19.0 Å². The van der Waals surface area contributed by atoms with Crippen molar-refractivity contribution in [1.82, 2.24) is 19.6 Å². The smallest absolute Gasteiger partial charge is 0.257 e. The predicted octanol–water partition coefficient (Wildman–Crippen LogP) is 3.02. The highest BCUT2D eigenvalue weighted by atomic mass is 35.5. The molecule has 1 N–H and O–H groups in total. The van der Waals surface area contributed by atoms with Crippen molar-refractivity contribution in [3.05, 3.63) is 29.2 Å². The SMILES string of the molecule is CCn1nc(C)cc1NCc1cnn(CC(F)F)c1C.Cl. The van der Waals surface area contributed by atoms with E-state index in [1.54, 1.807) is 13.1 Å². The van der Waals surface area contributed by atoms with Gasteiger partial charge in [-0.2, -0.15) is 10.2 Å². The summed E-state index contributed by atoms with van der Waals surface area (Å²) in [7, 11) is 0. The summed E-state index contributed by atoms with van der Waals surface area (Å²) in [4.78, 5) is 0. The molecule has 0 amide bonds. The quantitative estimate of drug-likeness (QED) is 0.890. The Hall–Kier alpha value is -1.63. The fourth-order valence-electron chi connectivity index (χ4n) is 2.09. The Morgan fingerprint density at radius 2 is 2.00 bits per heavy atom. The van der Waals surface area contributed by atoms with Gasteiger partial charge in [0, 0.05) is 30.4 Å². The van der Waals surface area contributed by atoms with Gasteiger partial charge in [0.05, 0.1) is 11.9 Å². The second-order valence-electron chi connectivity index (χ2n) is 4.67. The van der Waals surface area contributed by atoms with Crippen molar-refractivity contribution < 1.29 is 8.78 Å². The molecule has 0 aliphatic rings. The van der Waals surface area contributed by atoms with Crippen molar-refractivity contribution in [2.75, 3.05) is 5.32 Å². The fraction of sp³-hybridized carbons (Fsp3) is 0.538. The summed E-state index contributed by atoms with van der Waals surface area (Å²) in [5.41, 5.74) is 2.61. The Bertz CT molecular complexity index is 579. The van der Waals surface area contributed by atoms with Gasteiger partial charge >= 0.3 is 0 Å². The summed E-state index contributed by atoms with van der Waals surface area (Å²) in [5.74, 6) is 0.922. The second kappa shape index (κ2) is 7.40. The molecule has 2 aromatic rings. The van der Waals surface area contributed by atoms with Gasteiger partial charge in [-0.1, -0.05) is 0 Å². The normalized spacial score (nSPS) is 10.8. The molecule has 0 spiro atoms. The molecule has 0 unspecified atom stereocenters. The summed E-state index contributed by atoms with van der Waals surface area (Å²) in [6.45, 7) is 6.71. The van der Waals surface area contributed by atoms with E-state index >= 15 is 0 Å². The monoisotopic (exact) mass is 319 g/mol. The van der Waals surface area contributed by atoms with E-state index in [4.69, 9.17) is 0 Å². The maximum Gasteiger partial charge on any atom is 0.257 e. The first-order valence-corrected chi connectivity index (χ1v) is 6.59. The second-order valence-corrected chi connectivity index (χ2v) is 4.67. The third-order valence-electron chi connectivity index (χ3n) is 3.18. The van der Waals surface area contributed by atoms with Crippen LogP contribution in [0, 0.1) is 13.8 Å². The molecule has 0 aromatic carbocycles. The van der Waals surface area contributed by atoms with Gasteiger partial charge < -0.3 is 5.32 Å². The largest absolute Gasteiger partial charge is 0.366 e. The minimum atomic E-state index is -2.39. The molecule has 8 heteroatoms. The van der Waals surface area contributed by atoms with Gasteiger partial charge in [-0.15, -0.1) is 12.4 Å². The van der Waals surface area contributed by atoms with Crippen LogP contribution in [0.5, 0.6) is 0 Å². The summed E-state index contributed by atoms with van der Waals surface area (Å²) in [6, 6.07) is 1.96. The van der Waals surface area contributed by atoms with Gasteiger partial charge in [-0.05, 0) is 20.8 Å². The van der Waals surface area contributed by atoms with Crippen molar-refractivity contribution in [3.8, 4) is 0 Å². The number of halogens is 3. The molecule has 21 heavy (non-hydrogen) atoms. The third kappa shape index (κ3) is 4.17. The molecule has 0 saturated carbocycles. The molecule has 2 heterocycles. The third-order valence-corrected chi connectivity index (χ3v) is 3.18. The zero-order valence-corrected chi connectivity index (χ0v) is 13.1. The highest BCUT2D eigenvalue weighted by Crippen LogP contribution is 2.14. The molecule has 0 radical (unpaired) electrons. The minimum absolute atomic E-state index is 0. The number of aryl methyl sites for hydroxylation is 2.